The SMILES string of the molecule is CCOC(=O)c1ccccc1CSC(C)=O. The van der Waals surface area contributed by atoms with E-state index in [0.29, 0.717) is 17.9 Å². The molecule has 1 aromatic carbocycles. The van der Waals surface area contributed by atoms with E-state index in [1.165, 1.54) is 18.7 Å². The van der Waals surface area contributed by atoms with E-state index in [4.69, 9.17) is 4.74 Å². The molecule has 0 amide bonds. The summed E-state index contributed by atoms with van der Waals surface area (Å²) in [6.45, 7) is 3.63. The molecule has 86 valence electrons. The minimum Gasteiger partial charge on any atom is -0.462 e. The average Bonchev–Trinajstić information content (AvgIpc) is 2.27. The van der Waals surface area contributed by atoms with E-state index in [-0.39, 0.29) is 11.1 Å². The molecular formula is C12H14O3S. The highest BCUT2D eigenvalue weighted by Crippen LogP contribution is 2.17. The summed E-state index contributed by atoms with van der Waals surface area (Å²) in [7, 11) is 0. The van der Waals surface area contributed by atoms with Crippen LogP contribution in [0.4, 0.5) is 0 Å². The highest BCUT2D eigenvalue weighted by Gasteiger charge is 2.11. The molecule has 0 heterocycles. The molecule has 0 fully saturated rings. The van der Waals surface area contributed by atoms with Crippen LogP contribution in [0, 0.1) is 0 Å². The van der Waals surface area contributed by atoms with Crippen molar-refractivity contribution in [3.8, 4) is 0 Å². The van der Waals surface area contributed by atoms with Gasteiger partial charge in [0.05, 0.1) is 12.2 Å². The number of benzene rings is 1. The second-order valence-electron chi connectivity index (χ2n) is 3.16. The molecule has 4 heteroatoms. The first-order valence-electron chi connectivity index (χ1n) is 5.03. The van der Waals surface area contributed by atoms with Crippen molar-refractivity contribution in [2.75, 3.05) is 6.61 Å². The zero-order chi connectivity index (χ0) is 12.0. The topological polar surface area (TPSA) is 43.4 Å². The van der Waals surface area contributed by atoms with Gasteiger partial charge in [-0.1, -0.05) is 30.0 Å². The van der Waals surface area contributed by atoms with Crippen LogP contribution in [-0.4, -0.2) is 17.7 Å². The fourth-order valence-corrected chi connectivity index (χ4v) is 1.84. The molecule has 0 saturated heterocycles. The van der Waals surface area contributed by atoms with Gasteiger partial charge in [-0.3, -0.25) is 4.79 Å². The molecule has 0 aliphatic rings. The van der Waals surface area contributed by atoms with Crippen molar-refractivity contribution < 1.29 is 14.3 Å². The zero-order valence-corrected chi connectivity index (χ0v) is 10.2. The second kappa shape index (κ2) is 6.33. The van der Waals surface area contributed by atoms with Crippen LogP contribution in [0.5, 0.6) is 0 Å². The Morgan fingerprint density at radius 3 is 2.62 bits per heavy atom. The summed E-state index contributed by atoms with van der Waals surface area (Å²) in [6, 6.07) is 7.18. The molecule has 1 aromatic rings. The number of rotatable bonds is 4. The Morgan fingerprint density at radius 2 is 2.00 bits per heavy atom. The Morgan fingerprint density at radius 1 is 1.31 bits per heavy atom. The minimum absolute atomic E-state index is 0.0404. The highest BCUT2D eigenvalue weighted by molar-refractivity contribution is 8.12. The first-order chi connectivity index (χ1) is 7.65. The van der Waals surface area contributed by atoms with Gasteiger partial charge in [-0.2, -0.15) is 0 Å². The molecule has 0 aliphatic carbocycles. The number of hydrogen-bond donors (Lipinski definition) is 0. The monoisotopic (exact) mass is 238 g/mol. The van der Waals surface area contributed by atoms with Crippen LogP contribution >= 0.6 is 11.8 Å². The van der Waals surface area contributed by atoms with Gasteiger partial charge in [0.2, 0.25) is 0 Å². The Labute approximate surface area is 99.2 Å². The lowest BCUT2D eigenvalue weighted by Crippen LogP contribution is -2.07. The van der Waals surface area contributed by atoms with Gasteiger partial charge in [0.1, 0.15) is 0 Å². The number of carbonyl (C=O) groups is 2. The first-order valence-corrected chi connectivity index (χ1v) is 6.02. The Balaban J connectivity index is 2.82. The molecule has 1 rings (SSSR count). The van der Waals surface area contributed by atoms with E-state index >= 15 is 0 Å². The molecule has 3 nitrogen and oxygen atoms in total. The quantitative estimate of drug-likeness (QED) is 0.756. The Hall–Kier alpha value is -1.29. The lowest BCUT2D eigenvalue weighted by Gasteiger charge is -2.07. The van der Waals surface area contributed by atoms with Gasteiger partial charge in [-0.05, 0) is 18.6 Å². The normalized spacial score (nSPS) is 9.88. The maximum absolute atomic E-state index is 11.6. The van der Waals surface area contributed by atoms with Crippen molar-refractivity contribution >= 4 is 22.8 Å². The predicted molar refractivity (Wildman–Crippen MR) is 64.4 cm³/mol. The van der Waals surface area contributed by atoms with Crippen LogP contribution in [0.3, 0.4) is 0 Å². The standard InChI is InChI=1S/C12H14O3S/c1-3-15-12(14)11-7-5-4-6-10(11)8-16-9(2)13/h4-7H,3,8H2,1-2H3. The van der Waals surface area contributed by atoms with Crippen LogP contribution in [0.25, 0.3) is 0 Å². The summed E-state index contributed by atoms with van der Waals surface area (Å²) in [5.41, 5.74) is 1.37. The van der Waals surface area contributed by atoms with Crippen LogP contribution in [0.15, 0.2) is 24.3 Å². The largest absolute Gasteiger partial charge is 0.462 e. The number of thioether (sulfide) groups is 1. The fraction of sp³-hybridized carbons (Fsp3) is 0.333. The highest BCUT2D eigenvalue weighted by atomic mass is 32.2. The van der Waals surface area contributed by atoms with Crippen molar-refractivity contribution in [2.45, 2.75) is 19.6 Å². The molecule has 16 heavy (non-hydrogen) atoms. The zero-order valence-electron chi connectivity index (χ0n) is 9.36. The molecule has 0 radical (unpaired) electrons. The van der Waals surface area contributed by atoms with Crippen molar-refractivity contribution in [1.29, 1.82) is 0 Å². The first kappa shape index (κ1) is 12.8. The van der Waals surface area contributed by atoms with E-state index in [0.717, 1.165) is 5.56 Å². The van der Waals surface area contributed by atoms with E-state index < -0.39 is 0 Å². The third-order valence-corrected chi connectivity index (χ3v) is 2.81. The van der Waals surface area contributed by atoms with E-state index in [1.54, 1.807) is 19.1 Å². The maximum Gasteiger partial charge on any atom is 0.338 e. The third kappa shape index (κ3) is 3.70. The van der Waals surface area contributed by atoms with Gasteiger partial charge in [-0.25, -0.2) is 4.79 Å². The van der Waals surface area contributed by atoms with Crippen LogP contribution in [-0.2, 0) is 15.3 Å². The molecule has 0 aliphatic heterocycles. The summed E-state index contributed by atoms with van der Waals surface area (Å²) >= 11 is 1.19. The van der Waals surface area contributed by atoms with Crippen molar-refractivity contribution in [3.63, 3.8) is 0 Å². The molecular weight excluding hydrogens is 224 g/mol. The molecule has 0 atom stereocenters. The van der Waals surface area contributed by atoms with Gasteiger partial charge >= 0.3 is 5.97 Å². The summed E-state index contributed by atoms with van der Waals surface area (Å²) in [6.07, 6.45) is 0. The number of hydrogen-bond acceptors (Lipinski definition) is 4. The smallest absolute Gasteiger partial charge is 0.338 e. The van der Waals surface area contributed by atoms with Crippen molar-refractivity contribution in [3.05, 3.63) is 35.4 Å². The Bertz CT molecular complexity index is 388. The van der Waals surface area contributed by atoms with Crippen LogP contribution < -0.4 is 0 Å². The van der Waals surface area contributed by atoms with Gasteiger partial charge in [0.25, 0.3) is 0 Å². The van der Waals surface area contributed by atoms with Gasteiger partial charge in [0, 0.05) is 12.7 Å². The fourth-order valence-electron chi connectivity index (χ4n) is 1.23. The van der Waals surface area contributed by atoms with E-state index in [2.05, 4.69) is 0 Å². The minimum atomic E-state index is -0.331. The number of carbonyl (C=O) groups excluding carboxylic acids is 2. The van der Waals surface area contributed by atoms with Crippen LogP contribution in [0.1, 0.15) is 29.8 Å². The Kier molecular flexibility index (Phi) is 5.05. The van der Waals surface area contributed by atoms with Gasteiger partial charge < -0.3 is 4.74 Å². The summed E-state index contributed by atoms with van der Waals surface area (Å²) < 4.78 is 4.94. The lowest BCUT2D eigenvalue weighted by atomic mass is 10.1. The predicted octanol–water partition coefficient (Wildman–Crippen LogP) is 2.64. The third-order valence-electron chi connectivity index (χ3n) is 1.94. The molecule has 0 bridgehead atoms. The number of esters is 1. The van der Waals surface area contributed by atoms with Crippen LogP contribution in [0.2, 0.25) is 0 Å². The van der Waals surface area contributed by atoms with Crippen molar-refractivity contribution in [1.82, 2.24) is 0 Å². The second-order valence-corrected chi connectivity index (χ2v) is 4.31. The maximum atomic E-state index is 11.6. The van der Waals surface area contributed by atoms with Crippen molar-refractivity contribution in [2.24, 2.45) is 0 Å². The average molecular weight is 238 g/mol. The lowest BCUT2D eigenvalue weighted by molar-refractivity contribution is -0.109. The van der Waals surface area contributed by atoms with Gasteiger partial charge in [0.15, 0.2) is 5.12 Å². The summed E-state index contributed by atoms with van der Waals surface area (Å²) in [5.74, 6) is 0.173. The van der Waals surface area contributed by atoms with E-state index in [9.17, 15) is 9.59 Å². The summed E-state index contributed by atoms with van der Waals surface area (Å²) in [5, 5.41) is 0.0404. The van der Waals surface area contributed by atoms with E-state index in [1.807, 2.05) is 12.1 Å². The molecule has 0 unspecified atom stereocenters. The number of ether oxygens (including phenoxy) is 1. The van der Waals surface area contributed by atoms with Gasteiger partial charge in [-0.15, -0.1) is 0 Å². The molecule has 0 aromatic heterocycles. The molecule has 0 N–H and O–H groups in total. The molecule has 0 saturated carbocycles. The summed E-state index contributed by atoms with van der Waals surface area (Å²) in [4.78, 5) is 22.5. The molecule has 0 spiro atoms.